The van der Waals surface area contributed by atoms with Crippen molar-refractivity contribution in [1.29, 1.82) is 5.26 Å². The summed E-state index contributed by atoms with van der Waals surface area (Å²) in [5, 5.41) is 9.21. The number of nitriles is 1. The van der Waals surface area contributed by atoms with Crippen molar-refractivity contribution in [3.05, 3.63) is 89.6 Å². The largest absolute Gasteiger partial charge is 0.369 e. The summed E-state index contributed by atoms with van der Waals surface area (Å²) in [6, 6.07) is 7.56. The maximum atomic E-state index is 13.4. The molecule has 0 fully saturated rings. The third-order valence-electron chi connectivity index (χ3n) is 5.30. The van der Waals surface area contributed by atoms with E-state index in [9.17, 15) is 10.1 Å². The Morgan fingerprint density at radius 2 is 2.13 bits per heavy atom. The second-order valence-corrected chi connectivity index (χ2v) is 7.07. The minimum Gasteiger partial charge on any atom is -0.369 e. The van der Waals surface area contributed by atoms with Crippen molar-refractivity contribution in [2.45, 2.75) is 25.8 Å². The van der Waals surface area contributed by atoms with Gasteiger partial charge in [0, 0.05) is 31.2 Å². The first kappa shape index (κ1) is 21.7. The summed E-state index contributed by atoms with van der Waals surface area (Å²) >= 11 is 0. The Kier molecular flexibility index (Phi) is 6.12. The Morgan fingerprint density at radius 1 is 1.35 bits per heavy atom. The fourth-order valence-electron chi connectivity index (χ4n) is 3.46. The van der Waals surface area contributed by atoms with Gasteiger partial charge >= 0.3 is 0 Å². The van der Waals surface area contributed by atoms with Gasteiger partial charge < -0.3 is 5.73 Å². The molecule has 0 bridgehead atoms. The molecule has 0 aliphatic carbocycles. The van der Waals surface area contributed by atoms with Gasteiger partial charge in [-0.3, -0.25) is 19.7 Å². The second kappa shape index (κ2) is 8.76. The molecular formula is C24H24N6O. The van der Waals surface area contributed by atoms with Crippen molar-refractivity contribution in [2.75, 3.05) is 7.05 Å². The first-order valence-corrected chi connectivity index (χ1v) is 9.86. The minimum absolute atomic E-state index is 0.106. The van der Waals surface area contributed by atoms with Gasteiger partial charge in [-0.2, -0.15) is 5.26 Å². The Labute approximate surface area is 182 Å². The number of carbonyl (C=O) groups is 1. The number of aliphatic imine (C=N–C) groups is 1. The highest BCUT2D eigenvalue weighted by molar-refractivity contribution is 6.09. The Balaban J connectivity index is 2.22. The summed E-state index contributed by atoms with van der Waals surface area (Å²) < 4.78 is 0. The van der Waals surface area contributed by atoms with Crippen LogP contribution in [0, 0.1) is 11.3 Å². The first-order valence-electron chi connectivity index (χ1n) is 9.86. The van der Waals surface area contributed by atoms with Gasteiger partial charge in [-0.25, -0.2) is 4.99 Å². The number of guanidine groups is 1. The molecule has 1 unspecified atom stereocenters. The van der Waals surface area contributed by atoms with Crippen LogP contribution >= 0.6 is 0 Å². The summed E-state index contributed by atoms with van der Waals surface area (Å²) in [7, 11) is 1.58. The molecular weight excluding hydrogens is 388 g/mol. The van der Waals surface area contributed by atoms with Crippen LogP contribution in [0.3, 0.4) is 0 Å². The lowest BCUT2D eigenvalue weighted by Crippen LogP contribution is -2.41. The highest BCUT2D eigenvalue weighted by atomic mass is 16.2. The van der Waals surface area contributed by atoms with Crippen molar-refractivity contribution < 1.29 is 4.79 Å². The van der Waals surface area contributed by atoms with Crippen LogP contribution < -0.4 is 5.73 Å². The molecule has 1 amide bonds. The summed E-state index contributed by atoms with van der Waals surface area (Å²) in [5.41, 5.74) is 8.59. The number of nitrogens with two attached hydrogens (primary N) is 1. The van der Waals surface area contributed by atoms with E-state index in [1.165, 1.54) is 11.1 Å². The van der Waals surface area contributed by atoms with Gasteiger partial charge in [-0.15, -0.1) is 0 Å². The zero-order valence-corrected chi connectivity index (χ0v) is 17.8. The zero-order valence-electron chi connectivity index (χ0n) is 17.8. The van der Waals surface area contributed by atoms with Crippen molar-refractivity contribution in [2.24, 2.45) is 10.7 Å². The van der Waals surface area contributed by atoms with Crippen LogP contribution in [0.2, 0.25) is 0 Å². The van der Waals surface area contributed by atoms with Crippen LogP contribution in [0.25, 0.3) is 5.57 Å². The number of allylic oxidation sites excluding steroid dienone is 3. The van der Waals surface area contributed by atoms with Crippen molar-refractivity contribution in [1.82, 2.24) is 14.9 Å². The minimum atomic E-state index is -1.44. The summed E-state index contributed by atoms with van der Waals surface area (Å²) in [4.78, 5) is 28.0. The van der Waals surface area contributed by atoms with E-state index < -0.39 is 5.54 Å². The van der Waals surface area contributed by atoms with Crippen molar-refractivity contribution in [3.8, 4) is 6.07 Å². The number of aromatic nitrogens is 2. The van der Waals surface area contributed by atoms with Gasteiger partial charge in [0.05, 0.1) is 11.3 Å². The van der Waals surface area contributed by atoms with Gasteiger partial charge in [-0.05, 0) is 48.3 Å². The molecule has 2 N–H and O–H groups in total. The van der Waals surface area contributed by atoms with Crippen molar-refractivity contribution >= 4 is 17.4 Å². The Morgan fingerprint density at radius 3 is 2.65 bits per heavy atom. The molecule has 1 aliphatic rings. The van der Waals surface area contributed by atoms with Crippen LogP contribution in [0.15, 0.2) is 72.2 Å². The summed E-state index contributed by atoms with van der Waals surface area (Å²) in [6.45, 7) is 7.84. The zero-order chi connectivity index (χ0) is 22.6. The van der Waals surface area contributed by atoms with E-state index in [1.807, 2.05) is 32.1 Å². The number of aryl methyl sites for hydroxylation is 1. The smallest absolute Gasteiger partial charge is 0.267 e. The number of hydrogen-bond donors (Lipinski definition) is 1. The van der Waals surface area contributed by atoms with E-state index >= 15 is 0 Å². The van der Waals surface area contributed by atoms with E-state index in [0.717, 1.165) is 23.1 Å². The molecule has 7 heteroatoms. The quantitative estimate of drug-likeness (QED) is 0.734. The molecule has 1 atom stereocenters. The summed E-state index contributed by atoms with van der Waals surface area (Å²) in [5.74, 6) is -0.207. The van der Waals surface area contributed by atoms with Gasteiger partial charge in [0.15, 0.2) is 5.96 Å². The molecule has 0 saturated carbocycles. The lowest BCUT2D eigenvalue weighted by atomic mass is 9.83. The molecule has 0 spiro atoms. The SMILES string of the molecule is C=C/C(=C\C(=C/C)c1cncc(C#N)c1)C1(c2ccc(CC)cn2)N=C(N)N(C)C1=O. The Hall–Kier alpha value is -4.05. The normalized spacial score (nSPS) is 19.2. The predicted octanol–water partition coefficient (Wildman–Crippen LogP) is 3.11. The van der Waals surface area contributed by atoms with Crippen LogP contribution in [0.5, 0.6) is 0 Å². The van der Waals surface area contributed by atoms with E-state index in [0.29, 0.717) is 16.8 Å². The molecule has 0 aromatic carbocycles. The lowest BCUT2D eigenvalue weighted by molar-refractivity contribution is -0.129. The third kappa shape index (κ3) is 3.76. The number of hydrogen-bond acceptors (Lipinski definition) is 6. The molecule has 3 rings (SSSR count). The van der Waals surface area contributed by atoms with E-state index in [2.05, 4.69) is 27.6 Å². The molecule has 0 saturated heterocycles. The first-order chi connectivity index (χ1) is 14.9. The molecule has 2 aromatic heterocycles. The molecule has 3 heterocycles. The highest BCUT2D eigenvalue weighted by Gasteiger charge is 2.51. The molecule has 0 radical (unpaired) electrons. The topological polar surface area (TPSA) is 108 Å². The summed E-state index contributed by atoms with van der Waals surface area (Å²) in [6.07, 6.45) is 11.0. The fraction of sp³-hybridized carbons (Fsp3) is 0.208. The Bertz CT molecular complexity index is 1150. The predicted molar refractivity (Wildman–Crippen MR) is 121 cm³/mol. The standard InChI is InChI=1S/C24H24N6O/c1-5-16-8-9-21(28-14-16)24(22(31)30(4)23(26)29-24)20(7-3)11-18(6-2)19-10-17(12-25)13-27-15-19/h6-11,13-15H,3,5H2,1-2,4H3,(H2,26,29)/b18-6+,20-11+. The maximum absolute atomic E-state index is 13.4. The van der Waals surface area contributed by atoms with Gasteiger partial charge in [0.2, 0.25) is 5.54 Å². The maximum Gasteiger partial charge on any atom is 0.267 e. The number of amides is 1. The van der Waals surface area contributed by atoms with Crippen LogP contribution in [0.4, 0.5) is 0 Å². The van der Waals surface area contributed by atoms with Crippen LogP contribution in [-0.2, 0) is 16.8 Å². The third-order valence-corrected chi connectivity index (χ3v) is 5.30. The molecule has 7 nitrogen and oxygen atoms in total. The van der Waals surface area contributed by atoms with E-state index in [1.54, 1.807) is 37.7 Å². The number of nitrogens with zero attached hydrogens (tertiary/aromatic N) is 5. The number of likely N-dealkylation sites (N-methyl/N-ethyl adjacent to an activating group) is 1. The van der Waals surface area contributed by atoms with Crippen molar-refractivity contribution in [3.63, 3.8) is 0 Å². The molecule has 2 aromatic rings. The average Bonchev–Trinajstić information content (AvgIpc) is 3.04. The second-order valence-electron chi connectivity index (χ2n) is 7.07. The fourth-order valence-corrected chi connectivity index (χ4v) is 3.46. The van der Waals surface area contributed by atoms with Crippen LogP contribution in [0.1, 0.15) is 36.2 Å². The number of rotatable bonds is 6. The van der Waals surface area contributed by atoms with Gasteiger partial charge in [-0.1, -0.05) is 31.7 Å². The molecule has 156 valence electrons. The molecule has 1 aliphatic heterocycles. The number of carbonyl (C=O) groups excluding carboxylic acids is 1. The average molecular weight is 412 g/mol. The van der Waals surface area contributed by atoms with Gasteiger partial charge in [0.25, 0.3) is 5.91 Å². The lowest BCUT2D eigenvalue weighted by Gasteiger charge is -2.26. The van der Waals surface area contributed by atoms with E-state index in [4.69, 9.17) is 5.73 Å². The van der Waals surface area contributed by atoms with E-state index in [-0.39, 0.29) is 11.9 Å². The van der Waals surface area contributed by atoms with Gasteiger partial charge in [0.1, 0.15) is 6.07 Å². The molecule has 31 heavy (non-hydrogen) atoms. The highest BCUT2D eigenvalue weighted by Crippen LogP contribution is 2.40. The van der Waals surface area contributed by atoms with Crippen LogP contribution in [-0.4, -0.2) is 33.8 Å². The number of pyridine rings is 2. The monoisotopic (exact) mass is 412 g/mol.